The van der Waals surface area contributed by atoms with Crippen LogP contribution in [0.5, 0.6) is 0 Å². The van der Waals surface area contributed by atoms with Crippen molar-refractivity contribution < 1.29 is 18.2 Å². The molecule has 0 saturated carbocycles. The van der Waals surface area contributed by atoms with Gasteiger partial charge < -0.3 is 15.1 Å². The first-order valence-electron chi connectivity index (χ1n) is 13.5. The number of piperidine rings is 1. The lowest BCUT2D eigenvalue weighted by atomic mass is 9.92. The predicted octanol–water partition coefficient (Wildman–Crippen LogP) is 5.25. The van der Waals surface area contributed by atoms with E-state index in [2.05, 4.69) is 24.1 Å². The van der Waals surface area contributed by atoms with E-state index in [9.17, 15) is 18.2 Å². The summed E-state index contributed by atoms with van der Waals surface area (Å²) in [4.78, 5) is 31.7. The maximum absolute atomic E-state index is 13.7. The Morgan fingerprint density at radius 3 is 2.46 bits per heavy atom. The van der Waals surface area contributed by atoms with E-state index in [1.807, 2.05) is 0 Å². The monoisotopic (exact) mass is 547 g/mol. The molecule has 0 spiro atoms. The second-order valence-electron chi connectivity index (χ2n) is 10.8. The first-order chi connectivity index (χ1) is 18.8. The highest BCUT2D eigenvalue weighted by Gasteiger charge is 2.31. The number of nitrogens with zero attached hydrogens (tertiary/aromatic N) is 2. The first-order valence-corrected chi connectivity index (χ1v) is 14.7. The highest BCUT2D eigenvalue weighted by atomic mass is 32.2. The fraction of sp³-hybridized carbons (Fsp3) is 0.355. The van der Waals surface area contributed by atoms with Gasteiger partial charge in [0.15, 0.2) is 0 Å². The zero-order chi connectivity index (χ0) is 27.5. The normalized spacial score (nSPS) is 21.2. The number of hydrogen-bond donors (Lipinski definition) is 1. The summed E-state index contributed by atoms with van der Waals surface area (Å²) in [7, 11) is -1.61. The molecule has 39 heavy (non-hydrogen) atoms. The summed E-state index contributed by atoms with van der Waals surface area (Å²) in [6, 6.07) is 17.8. The molecule has 3 atom stereocenters. The van der Waals surface area contributed by atoms with Gasteiger partial charge in [0, 0.05) is 25.2 Å². The van der Waals surface area contributed by atoms with Crippen molar-refractivity contribution in [2.45, 2.75) is 43.0 Å². The lowest BCUT2D eigenvalue weighted by Crippen LogP contribution is -2.40. The van der Waals surface area contributed by atoms with Crippen LogP contribution in [-0.4, -0.2) is 47.1 Å². The molecule has 1 N–H and O–H groups in total. The van der Waals surface area contributed by atoms with Crippen LogP contribution in [0.4, 0.5) is 10.1 Å². The quantitative estimate of drug-likeness (QED) is 0.410. The Morgan fingerprint density at radius 2 is 1.72 bits per heavy atom. The van der Waals surface area contributed by atoms with Gasteiger partial charge in [-0.05, 0) is 79.3 Å². The minimum absolute atomic E-state index is 0.148. The molecular formula is C31H34FN3O3S. The van der Waals surface area contributed by atoms with Gasteiger partial charge in [0.25, 0.3) is 11.8 Å². The Balaban J connectivity index is 1.36. The maximum atomic E-state index is 13.7. The second kappa shape index (κ2) is 11.8. The van der Waals surface area contributed by atoms with Crippen molar-refractivity contribution >= 4 is 28.3 Å². The molecule has 8 heteroatoms. The molecule has 5 rings (SSSR count). The van der Waals surface area contributed by atoms with Gasteiger partial charge in [-0.15, -0.1) is 0 Å². The summed E-state index contributed by atoms with van der Waals surface area (Å²) in [5, 5.41) is 3.01. The van der Waals surface area contributed by atoms with Crippen molar-refractivity contribution in [1.82, 2.24) is 10.2 Å². The number of rotatable bonds is 7. The van der Waals surface area contributed by atoms with E-state index in [0.717, 1.165) is 31.6 Å². The maximum Gasteiger partial charge on any atom is 0.259 e. The van der Waals surface area contributed by atoms with Gasteiger partial charge in [-0.1, -0.05) is 38.1 Å². The van der Waals surface area contributed by atoms with Crippen molar-refractivity contribution in [3.8, 4) is 0 Å². The standard InChI is InChI=1S/C31H34FN3O3S/c1-21-16-22(2)19-34(18-21)15-5-14-33-30(36)24-10-13-29-27(17-24)35(20-23-8-11-25(32)12-9-23)31(37)26-6-3-4-7-28(26)39(29)38/h3-4,6-13,17,21-22H,5,14-16,18-20H2,1-2H3,(H,33,36). The summed E-state index contributed by atoms with van der Waals surface area (Å²) in [5.74, 6) is 0.473. The van der Waals surface area contributed by atoms with Crippen molar-refractivity contribution in [3.05, 3.63) is 89.2 Å². The fourth-order valence-electron chi connectivity index (χ4n) is 5.72. The lowest BCUT2D eigenvalue weighted by molar-refractivity contribution is 0.0944. The van der Waals surface area contributed by atoms with Gasteiger partial charge in [0.05, 0.1) is 38.4 Å². The van der Waals surface area contributed by atoms with Crippen LogP contribution in [0.25, 0.3) is 0 Å². The number of carbonyl (C=O) groups is 2. The van der Waals surface area contributed by atoms with Crippen molar-refractivity contribution in [3.63, 3.8) is 0 Å². The molecule has 0 bridgehead atoms. The molecule has 204 valence electrons. The molecular weight excluding hydrogens is 513 g/mol. The molecule has 3 unspecified atom stereocenters. The average molecular weight is 548 g/mol. The van der Waals surface area contributed by atoms with E-state index in [1.54, 1.807) is 54.6 Å². The van der Waals surface area contributed by atoms with E-state index in [0.29, 0.717) is 45.0 Å². The van der Waals surface area contributed by atoms with Gasteiger partial charge in [0.2, 0.25) is 0 Å². The fourth-order valence-corrected chi connectivity index (χ4v) is 7.06. The van der Waals surface area contributed by atoms with E-state index in [4.69, 9.17) is 0 Å². The minimum atomic E-state index is -1.61. The molecule has 0 aliphatic carbocycles. The van der Waals surface area contributed by atoms with E-state index < -0.39 is 10.8 Å². The molecule has 2 heterocycles. The van der Waals surface area contributed by atoms with E-state index in [1.165, 1.54) is 23.5 Å². The molecule has 6 nitrogen and oxygen atoms in total. The molecule has 2 amide bonds. The summed E-state index contributed by atoms with van der Waals surface area (Å²) in [5.41, 5.74) is 1.88. The molecule has 0 aromatic heterocycles. The summed E-state index contributed by atoms with van der Waals surface area (Å²) in [6.45, 7) is 8.41. The van der Waals surface area contributed by atoms with E-state index in [-0.39, 0.29) is 24.2 Å². The van der Waals surface area contributed by atoms with Crippen molar-refractivity contribution in [2.24, 2.45) is 11.8 Å². The minimum Gasteiger partial charge on any atom is -0.352 e. The van der Waals surface area contributed by atoms with Crippen LogP contribution in [0.3, 0.4) is 0 Å². The molecule has 3 aromatic carbocycles. The average Bonchev–Trinajstić information content (AvgIpc) is 3.01. The number of halogens is 1. The molecule has 2 aliphatic heterocycles. The summed E-state index contributed by atoms with van der Waals surface area (Å²) in [6.07, 6.45) is 2.12. The lowest BCUT2D eigenvalue weighted by Gasteiger charge is -2.34. The third-order valence-corrected chi connectivity index (χ3v) is 8.91. The largest absolute Gasteiger partial charge is 0.352 e. The highest BCUT2D eigenvalue weighted by molar-refractivity contribution is 7.85. The number of benzene rings is 3. The van der Waals surface area contributed by atoms with Crippen molar-refractivity contribution in [2.75, 3.05) is 31.1 Å². The Kier molecular flexibility index (Phi) is 8.23. The van der Waals surface area contributed by atoms with Gasteiger partial charge >= 0.3 is 0 Å². The van der Waals surface area contributed by atoms with Crippen LogP contribution in [0.1, 0.15) is 53.0 Å². The molecule has 0 radical (unpaired) electrons. The zero-order valence-corrected chi connectivity index (χ0v) is 23.2. The molecule has 1 saturated heterocycles. The van der Waals surface area contributed by atoms with Gasteiger partial charge in [-0.25, -0.2) is 8.60 Å². The molecule has 2 aliphatic rings. The third-order valence-electron chi connectivity index (χ3n) is 7.41. The topological polar surface area (TPSA) is 69.7 Å². The summed E-state index contributed by atoms with van der Waals surface area (Å²) >= 11 is 0. The van der Waals surface area contributed by atoms with Crippen LogP contribution in [0.15, 0.2) is 76.5 Å². The highest BCUT2D eigenvalue weighted by Crippen LogP contribution is 2.36. The number of anilines is 1. The van der Waals surface area contributed by atoms with Gasteiger partial charge in [-0.3, -0.25) is 9.59 Å². The Morgan fingerprint density at radius 1 is 1.00 bits per heavy atom. The van der Waals surface area contributed by atoms with Crippen LogP contribution < -0.4 is 10.2 Å². The van der Waals surface area contributed by atoms with Gasteiger partial charge in [0.1, 0.15) is 5.82 Å². The van der Waals surface area contributed by atoms with Crippen LogP contribution in [0, 0.1) is 17.7 Å². The Bertz CT molecular complexity index is 1380. The van der Waals surface area contributed by atoms with Crippen LogP contribution in [-0.2, 0) is 17.3 Å². The second-order valence-corrected chi connectivity index (χ2v) is 12.2. The number of likely N-dealkylation sites (tertiary alicyclic amines) is 1. The summed E-state index contributed by atoms with van der Waals surface area (Å²) < 4.78 is 27.1. The number of nitrogens with one attached hydrogen (secondary N) is 1. The Hall–Kier alpha value is -3.36. The molecule has 1 fully saturated rings. The smallest absolute Gasteiger partial charge is 0.259 e. The first kappa shape index (κ1) is 27.2. The third kappa shape index (κ3) is 6.12. The Labute approximate surface area is 231 Å². The van der Waals surface area contributed by atoms with Crippen molar-refractivity contribution in [1.29, 1.82) is 0 Å². The SMILES string of the molecule is CC1CC(C)CN(CCCNC(=O)c2ccc3c(c2)N(Cc2ccc(F)cc2)C(=O)c2ccccc2S3=O)C1. The van der Waals surface area contributed by atoms with Gasteiger partial charge in [-0.2, -0.15) is 0 Å². The number of hydrogen-bond acceptors (Lipinski definition) is 4. The van der Waals surface area contributed by atoms with Crippen LogP contribution >= 0.6 is 0 Å². The molecule has 3 aromatic rings. The zero-order valence-electron chi connectivity index (χ0n) is 22.4. The number of amides is 2. The number of carbonyl (C=O) groups excluding carboxylic acids is 2. The van der Waals surface area contributed by atoms with E-state index >= 15 is 0 Å². The van der Waals surface area contributed by atoms with Crippen LogP contribution in [0.2, 0.25) is 0 Å². The predicted molar refractivity (Wildman–Crippen MR) is 151 cm³/mol. The number of fused-ring (bicyclic) bond motifs is 2.